The lowest BCUT2D eigenvalue weighted by Gasteiger charge is -2.31. The monoisotopic (exact) mass is 354 g/mol. The molecule has 0 aliphatic heterocycles. The van der Waals surface area contributed by atoms with Crippen molar-refractivity contribution in [1.29, 1.82) is 0 Å². The second-order valence-corrected chi connectivity index (χ2v) is 7.23. The minimum absolute atomic E-state index is 0.00755. The Hall–Kier alpha value is -2.04. The Morgan fingerprint density at radius 3 is 1.19 bits per heavy atom. The molecule has 2 atom stereocenters. The van der Waals surface area contributed by atoms with Crippen molar-refractivity contribution in [2.45, 2.75) is 65.2 Å². The van der Waals surface area contributed by atoms with Crippen LogP contribution in [0.3, 0.4) is 0 Å². The van der Waals surface area contributed by atoms with Crippen LogP contribution in [0.15, 0.2) is 70.9 Å². The molecule has 0 heterocycles. The van der Waals surface area contributed by atoms with Gasteiger partial charge in [0.2, 0.25) is 11.4 Å². The molecule has 2 rings (SSSR count). The fourth-order valence-electron chi connectivity index (χ4n) is 2.90. The molecule has 26 heavy (non-hydrogen) atoms. The average Bonchev–Trinajstić information content (AvgIpc) is 2.60. The number of rotatable bonds is 8. The fraction of sp³-hybridized carbons (Fsp3) is 0.455. The number of benzene rings is 2. The highest BCUT2D eigenvalue weighted by molar-refractivity contribution is 5.23. The zero-order chi connectivity index (χ0) is 19.2. The summed E-state index contributed by atoms with van der Waals surface area (Å²) in [6, 6.07) is 19.9. The van der Waals surface area contributed by atoms with Crippen LogP contribution >= 0.6 is 0 Å². The fourth-order valence-corrected chi connectivity index (χ4v) is 2.90. The minimum Gasteiger partial charge on any atom is -0.346 e. The highest BCUT2D eigenvalue weighted by Crippen LogP contribution is 2.34. The van der Waals surface area contributed by atoms with Crippen LogP contribution in [0.5, 0.6) is 0 Å². The smallest absolute Gasteiger partial charge is 0.202 e. The summed E-state index contributed by atoms with van der Waals surface area (Å²) < 4.78 is 12.3. The second-order valence-electron chi connectivity index (χ2n) is 7.23. The molecule has 2 unspecified atom stereocenters. The topological polar surface area (TPSA) is 43.2 Å². The lowest BCUT2D eigenvalue weighted by molar-refractivity contribution is -0.0986. The number of ether oxygens (including phenoxy) is 2. The van der Waals surface area contributed by atoms with Crippen molar-refractivity contribution in [3.05, 3.63) is 71.8 Å². The van der Waals surface area contributed by atoms with E-state index in [-0.39, 0.29) is 12.2 Å². The Balaban J connectivity index is 2.44. The predicted molar refractivity (Wildman–Crippen MR) is 105 cm³/mol. The summed E-state index contributed by atoms with van der Waals surface area (Å²) in [5.41, 5.74) is 0.146. The Morgan fingerprint density at radius 2 is 0.923 bits per heavy atom. The number of azo groups is 1. The van der Waals surface area contributed by atoms with E-state index in [9.17, 15) is 0 Å². The van der Waals surface area contributed by atoms with Crippen LogP contribution in [-0.4, -0.2) is 12.2 Å². The van der Waals surface area contributed by atoms with Crippen LogP contribution in [0, 0.1) is 0 Å². The molecule has 0 bridgehead atoms. The molecule has 2 aromatic rings. The Labute approximate surface area is 157 Å². The Morgan fingerprint density at radius 1 is 0.615 bits per heavy atom. The van der Waals surface area contributed by atoms with Crippen molar-refractivity contribution >= 4 is 0 Å². The number of hydrogen-bond acceptors (Lipinski definition) is 4. The van der Waals surface area contributed by atoms with Gasteiger partial charge in [-0.2, -0.15) is 10.2 Å². The van der Waals surface area contributed by atoms with Gasteiger partial charge in [0, 0.05) is 11.1 Å². The quantitative estimate of drug-likeness (QED) is 0.543. The van der Waals surface area contributed by atoms with Gasteiger partial charge in [0.05, 0.1) is 12.2 Å². The van der Waals surface area contributed by atoms with Crippen LogP contribution in [0.4, 0.5) is 0 Å². The molecular weight excluding hydrogens is 324 g/mol. The summed E-state index contributed by atoms with van der Waals surface area (Å²) >= 11 is 0. The molecular formula is C22H30N2O2. The zero-order valence-corrected chi connectivity index (χ0v) is 16.6. The first kappa shape index (κ1) is 20.3. The lowest BCUT2D eigenvalue weighted by Crippen LogP contribution is -2.30. The summed E-state index contributed by atoms with van der Waals surface area (Å²) in [7, 11) is 0. The van der Waals surface area contributed by atoms with Crippen molar-refractivity contribution in [3.63, 3.8) is 0 Å². The van der Waals surface area contributed by atoms with Gasteiger partial charge in [0.25, 0.3) is 0 Å². The molecule has 0 fully saturated rings. The van der Waals surface area contributed by atoms with Crippen LogP contribution < -0.4 is 0 Å². The summed E-state index contributed by atoms with van der Waals surface area (Å²) in [5, 5.41) is 9.29. The second kappa shape index (κ2) is 8.56. The molecule has 0 saturated carbocycles. The van der Waals surface area contributed by atoms with Crippen LogP contribution in [-0.2, 0) is 20.9 Å². The zero-order valence-electron chi connectivity index (χ0n) is 16.6. The normalized spacial score (nSPS) is 16.8. The van der Waals surface area contributed by atoms with E-state index in [1.807, 2.05) is 102 Å². The van der Waals surface area contributed by atoms with Gasteiger partial charge in [0.1, 0.15) is 0 Å². The maximum absolute atomic E-state index is 6.14. The van der Waals surface area contributed by atoms with Crippen LogP contribution in [0.1, 0.15) is 52.7 Å². The number of nitrogens with zero attached hydrogens (tertiary/aromatic N) is 2. The highest BCUT2D eigenvalue weighted by atomic mass is 16.5. The third-order valence-corrected chi connectivity index (χ3v) is 3.98. The third kappa shape index (κ3) is 5.23. The summed E-state index contributed by atoms with van der Waals surface area (Å²) in [6.07, 6.45) is 0.0151. The Bertz CT molecular complexity index is 639. The molecule has 0 amide bonds. The maximum Gasteiger partial charge on any atom is 0.202 e. The van der Waals surface area contributed by atoms with E-state index < -0.39 is 11.4 Å². The van der Waals surface area contributed by atoms with E-state index in [0.717, 1.165) is 11.1 Å². The van der Waals surface area contributed by atoms with Gasteiger partial charge in [-0.1, -0.05) is 60.7 Å². The SMILES string of the molecule is CC(C)OC(C)(N=NC(C)(OC(C)C)c1ccccc1)c1ccccc1. The van der Waals surface area contributed by atoms with Crippen LogP contribution in [0.25, 0.3) is 0 Å². The van der Waals surface area contributed by atoms with Crippen molar-refractivity contribution in [2.75, 3.05) is 0 Å². The van der Waals surface area contributed by atoms with E-state index in [1.165, 1.54) is 0 Å². The average molecular weight is 354 g/mol. The first-order valence-corrected chi connectivity index (χ1v) is 9.16. The molecule has 4 heteroatoms. The van der Waals surface area contributed by atoms with Gasteiger partial charge in [0.15, 0.2) is 0 Å². The molecule has 0 aromatic heterocycles. The summed E-state index contributed by atoms with van der Waals surface area (Å²) in [5.74, 6) is 0. The van der Waals surface area contributed by atoms with Gasteiger partial charge in [-0.25, -0.2) is 0 Å². The van der Waals surface area contributed by atoms with Gasteiger partial charge < -0.3 is 9.47 Å². The molecule has 4 nitrogen and oxygen atoms in total. The standard InChI is InChI=1S/C22H30N2O2/c1-17(2)25-21(5,19-13-9-7-10-14-19)23-24-22(6,26-18(3)4)20-15-11-8-12-16-20/h7-18H,1-6H3. The molecule has 0 saturated heterocycles. The van der Waals surface area contributed by atoms with Crippen molar-refractivity contribution in [3.8, 4) is 0 Å². The Kier molecular flexibility index (Phi) is 6.68. The van der Waals surface area contributed by atoms with E-state index >= 15 is 0 Å². The highest BCUT2D eigenvalue weighted by Gasteiger charge is 2.33. The molecule has 140 valence electrons. The first-order valence-electron chi connectivity index (χ1n) is 9.16. The number of hydrogen-bond donors (Lipinski definition) is 0. The third-order valence-electron chi connectivity index (χ3n) is 3.98. The van der Waals surface area contributed by atoms with Gasteiger partial charge in [-0.3, -0.25) is 0 Å². The summed E-state index contributed by atoms with van der Waals surface area (Å²) in [4.78, 5) is 0. The van der Waals surface area contributed by atoms with Gasteiger partial charge in [-0.15, -0.1) is 0 Å². The van der Waals surface area contributed by atoms with Gasteiger partial charge in [-0.05, 0) is 41.5 Å². The molecule has 0 aliphatic carbocycles. The maximum atomic E-state index is 6.14. The predicted octanol–water partition coefficient (Wildman–Crippen LogP) is 6.03. The van der Waals surface area contributed by atoms with Crippen molar-refractivity contribution in [2.24, 2.45) is 10.2 Å². The molecule has 0 radical (unpaired) electrons. The van der Waals surface area contributed by atoms with E-state index in [2.05, 4.69) is 10.2 Å². The van der Waals surface area contributed by atoms with E-state index in [1.54, 1.807) is 0 Å². The molecule has 0 spiro atoms. The van der Waals surface area contributed by atoms with Crippen molar-refractivity contribution < 1.29 is 9.47 Å². The van der Waals surface area contributed by atoms with Gasteiger partial charge >= 0.3 is 0 Å². The molecule has 2 aromatic carbocycles. The molecule has 0 aliphatic rings. The first-order chi connectivity index (χ1) is 12.3. The van der Waals surface area contributed by atoms with E-state index in [0.29, 0.717) is 0 Å². The van der Waals surface area contributed by atoms with Crippen LogP contribution in [0.2, 0.25) is 0 Å². The minimum atomic E-state index is -0.883. The lowest BCUT2D eigenvalue weighted by atomic mass is 10.0. The summed E-state index contributed by atoms with van der Waals surface area (Å²) in [6.45, 7) is 11.9. The van der Waals surface area contributed by atoms with Crippen molar-refractivity contribution in [1.82, 2.24) is 0 Å². The van der Waals surface area contributed by atoms with E-state index in [4.69, 9.17) is 9.47 Å². The largest absolute Gasteiger partial charge is 0.346 e. The molecule has 0 N–H and O–H groups in total.